The summed E-state index contributed by atoms with van der Waals surface area (Å²) < 4.78 is 14.5. The molecule has 2 heterocycles. The Labute approximate surface area is 129 Å². The third kappa shape index (κ3) is 2.40. The normalized spacial score (nSPS) is 18.5. The number of halogens is 2. The van der Waals surface area contributed by atoms with Crippen molar-refractivity contribution in [3.63, 3.8) is 0 Å². The Morgan fingerprint density at radius 1 is 1.40 bits per heavy atom. The number of thiophene rings is 1. The molecule has 1 unspecified atom stereocenters. The van der Waals surface area contributed by atoms with Gasteiger partial charge >= 0.3 is 0 Å². The van der Waals surface area contributed by atoms with Crippen molar-refractivity contribution in [3.8, 4) is 0 Å². The van der Waals surface area contributed by atoms with Crippen LogP contribution in [0.3, 0.4) is 0 Å². The quantitative estimate of drug-likeness (QED) is 0.770. The molecule has 104 valence electrons. The Morgan fingerprint density at radius 3 is 2.95 bits per heavy atom. The lowest BCUT2D eigenvalue weighted by Crippen LogP contribution is -2.31. The van der Waals surface area contributed by atoms with Crippen molar-refractivity contribution < 1.29 is 9.18 Å². The van der Waals surface area contributed by atoms with E-state index in [1.165, 1.54) is 6.07 Å². The lowest BCUT2D eigenvalue weighted by Gasteiger charge is -2.25. The predicted octanol–water partition coefficient (Wildman–Crippen LogP) is 4.63. The fourth-order valence-corrected chi connectivity index (χ4v) is 3.89. The average molecular weight is 354 g/mol. The Kier molecular flexibility index (Phi) is 3.89. The fourth-order valence-electron chi connectivity index (χ4n) is 2.67. The number of carbonyl (C=O) groups excluding carboxylic acids is 1. The van der Waals surface area contributed by atoms with Gasteiger partial charge in [0.05, 0.1) is 11.6 Å². The van der Waals surface area contributed by atoms with E-state index in [-0.39, 0.29) is 17.5 Å². The largest absolute Gasteiger partial charge is 0.331 e. The lowest BCUT2D eigenvalue weighted by atomic mass is 10.1. The van der Waals surface area contributed by atoms with E-state index in [4.69, 9.17) is 0 Å². The minimum absolute atomic E-state index is 0.0697. The summed E-state index contributed by atoms with van der Waals surface area (Å²) in [6, 6.07) is 6.73. The van der Waals surface area contributed by atoms with E-state index >= 15 is 0 Å². The molecule has 2 aromatic rings. The van der Waals surface area contributed by atoms with Crippen molar-refractivity contribution in [3.05, 3.63) is 56.4 Å². The summed E-state index contributed by atoms with van der Waals surface area (Å²) in [4.78, 5) is 14.4. The first kappa shape index (κ1) is 13.8. The molecule has 0 aliphatic carbocycles. The molecular formula is C15H13BrFNOS. The second kappa shape index (κ2) is 5.66. The van der Waals surface area contributed by atoms with E-state index in [9.17, 15) is 9.18 Å². The highest BCUT2D eigenvalue weighted by Gasteiger charge is 2.32. The van der Waals surface area contributed by atoms with Gasteiger partial charge < -0.3 is 4.90 Å². The maximum atomic E-state index is 13.9. The van der Waals surface area contributed by atoms with Gasteiger partial charge in [-0.2, -0.15) is 11.3 Å². The van der Waals surface area contributed by atoms with E-state index < -0.39 is 5.82 Å². The van der Waals surface area contributed by atoms with Crippen molar-refractivity contribution >= 4 is 33.2 Å². The summed E-state index contributed by atoms with van der Waals surface area (Å²) in [6.07, 6.45) is 1.90. The first-order valence-corrected chi connectivity index (χ1v) is 8.19. The Bertz CT molecular complexity index is 609. The summed E-state index contributed by atoms with van der Waals surface area (Å²) in [5, 5.41) is 4.07. The Balaban J connectivity index is 1.94. The van der Waals surface area contributed by atoms with Crippen LogP contribution >= 0.6 is 27.3 Å². The van der Waals surface area contributed by atoms with Crippen molar-refractivity contribution in [2.24, 2.45) is 0 Å². The third-order valence-electron chi connectivity index (χ3n) is 3.62. The minimum atomic E-state index is -0.472. The second-order valence-electron chi connectivity index (χ2n) is 4.81. The number of carbonyl (C=O) groups is 1. The second-order valence-corrected chi connectivity index (χ2v) is 6.44. The number of likely N-dealkylation sites (tertiary alicyclic amines) is 1. The van der Waals surface area contributed by atoms with E-state index in [0.717, 1.165) is 18.4 Å². The van der Waals surface area contributed by atoms with Gasteiger partial charge in [0.1, 0.15) is 5.82 Å². The summed E-state index contributed by atoms with van der Waals surface area (Å²) in [6.45, 7) is 0.681. The molecule has 0 radical (unpaired) electrons. The number of nitrogens with zero attached hydrogens (tertiary/aromatic N) is 1. The number of hydrogen-bond donors (Lipinski definition) is 0. The highest BCUT2D eigenvalue weighted by atomic mass is 79.9. The Hall–Kier alpha value is -1.20. The van der Waals surface area contributed by atoms with Gasteiger partial charge in [0, 0.05) is 11.0 Å². The molecule has 0 N–H and O–H groups in total. The summed E-state index contributed by atoms with van der Waals surface area (Å²) in [5.74, 6) is -0.705. The molecule has 1 fully saturated rings. The number of rotatable bonds is 2. The van der Waals surface area contributed by atoms with Crippen LogP contribution in [0, 0.1) is 5.82 Å². The number of hydrogen-bond acceptors (Lipinski definition) is 2. The van der Waals surface area contributed by atoms with Crippen LogP contribution in [0.1, 0.15) is 34.8 Å². The predicted molar refractivity (Wildman–Crippen MR) is 81.4 cm³/mol. The molecule has 1 saturated heterocycles. The van der Waals surface area contributed by atoms with E-state index in [2.05, 4.69) is 21.3 Å². The zero-order valence-electron chi connectivity index (χ0n) is 10.7. The van der Waals surface area contributed by atoms with Gasteiger partial charge in [-0.15, -0.1) is 0 Å². The monoisotopic (exact) mass is 353 g/mol. The molecule has 1 aliphatic heterocycles. The van der Waals surface area contributed by atoms with E-state index in [0.29, 0.717) is 11.0 Å². The van der Waals surface area contributed by atoms with Gasteiger partial charge in [-0.1, -0.05) is 6.07 Å². The summed E-state index contributed by atoms with van der Waals surface area (Å²) >= 11 is 4.90. The van der Waals surface area contributed by atoms with Crippen LogP contribution in [0.5, 0.6) is 0 Å². The van der Waals surface area contributed by atoms with Crippen LogP contribution in [0.4, 0.5) is 4.39 Å². The standard InChI is InChI=1S/C15H13BrFNOS/c16-11-3-1-4-12(17)14(11)15(19)18-7-2-5-13(18)10-6-8-20-9-10/h1,3-4,6,8-9,13H,2,5,7H2. The van der Waals surface area contributed by atoms with Crippen molar-refractivity contribution in [1.29, 1.82) is 0 Å². The average Bonchev–Trinajstić information content (AvgIpc) is 3.09. The first-order valence-electron chi connectivity index (χ1n) is 6.45. The molecule has 20 heavy (non-hydrogen) atoms. The molecule has 0 spiro atoms. The van der Waals surface area contributed by atoms with Gasteiger partial charge in [-0.25, -0.2) is 4.39 Å². The smallest absolute Gasteiger partial charge is 0.258 e. The molecule has 2 nitrogen and oxygen atoms in total. The fraction of sp³-hybridized carbons (Fsp3) is 0.267. The first-order chi connectivity index (χ1) is 9.68. The SMILES string of the molecule is O=C(c1c(F)cccc1Br)N1CCCC1c1ccsc1. The maximum Gasteiger partial charge on any atom is 0.258 e. The van der Waals surface area contributed by atoms with E-state index in [1.807, 2.05) is 11.4 Å². The van der Waals surface area contributed by atoms with Crippen LogP contribution < -0.4 is 0 Å². The van der Waals surface area contributed by atoms with Gasteiger partial charge in [0.2, 0.25) is 0 Å². The molecule has 1 amide bonds. The minimum Gasteiger partial charge on any atom is -0.331 e. The topological polar surface area (TPSA) is 20.3 Å². The van der Waals surface area contributed by atoms with Crippen LogP contribution in [0.15, 0.2) is 39.5 Å². The zero-order valence-corrected chi connectivity index (χ0v) is 13.1. The molecule has 1 aliphatic rings. The Morgan fingerprint density at radius 2 is 2.25 bits per heavy atom. The highest BCUT2D eigenvalue weighted by Crippen LogP contribution is 2.35. The molecule has 1 aromatic heterocycles. The molecule has 5 heteroatoms. The van der Waals surface area contributed by atoms with Gasteiger partial charge in [0.15, 0.2) is 0 Å². The van der Waals surface area contributed by atoms with Crippen LogP contribution in [0.25, 0.3) is 0 Å². The van der Waals surface area contributed by atoms with E-state index in [1.54, 1.807) is 28.4 Å². The summed E-state index contributed by atoms with van der Waals surface area (Å²) in [7, 11) is 0. The van der Waals surface area contributed by atoms with Gasteiger partial charge in [0.25, 0.3) is 5.91 Å². The number of amides is 1. The molecule has 0 saturated carbocycles. The number of benzene rings is 1. The van der Waals surface area contributed by atoms with Crippen LogP contribution in [0.2, 0.25) is 0 Å². The zero-order chi connectivity index (χ0) is 14.1. The molecule has 3 rings (SSSR count). The molecule has 1 atom stereocenters. The molecule has 1 aromatic carbocycles. The third-order valence-corrected chi connectivity index (χ3v) is 4.98. The van der Waals surface area contributed by atoms with Crippen LogP contribution in [-0.2, 0) is 0 Å². The molecular weight excluding hydrogens is 341 g/mol. The van der Waals surface area contributed by atoms with Gasteiger partial charge in [-0.3, -0.25) is 4.79 Å². The van der Waals surface area contributed by atoms with Crippen LogP contribution in [-0.4, -0.2) is 17.4 Å². The maximum absolute atomic E-state index is 13.9. The van der Waals surface area contributed by atoms with Gasteiger partial charge in [-0.05, 0) is 63.3 Å². The highest BCUT2D eigenvalue weighted by molar-refractivity contribution is 9.10. The van der Waals surface area contributed by atoms with Crippen molar-refractivity contribution in [2.75, 3.05) is 6.54 Å². The van der Waals surface area contributed by atoms with Crippen molar-refractivity contribution in [1.82, 2.24) is 4.90 Å². The molecule has 0 bridgehead atoms. The lowest BCUT2D eigenvalue weighted by molar-refractivity contribution is 0.0730. The summed E-state index contributed by atoms with van der Waals surface area (Å²) in [5.41, 5.74) is 1.28. The van der Waals surface area contributed by atoms with Crippen molar-refractivity contribution in [2.45, 2.75) is 18.9 Å².